The summed E-state index contributed by atoms with van der Waals surface area (Å²) in [5, 5.41) is 55.2. The van der Waals surface area contributed by atoms with E-state index in [0.29, 0.717) is 78.4 Å². The van der Waals surface area contributed by atoms with Crippen molar-refractivity contribution in [1.29, 1.82) is 0 Å². The van der Waals surface area contributed by atoms with E-state index in [9.17, 15) is 10.2 Å². The molecular weight excluding hydrogens is 556 g/mol. The van der Waals surface area contributed by atoms with Crippen LogP contribution in [-0.2, 0) is 0 Å². The minimum Gasteiger partial charge on any atom is -0.390 e. The van der Waals surface area contributed by atoms with E-state index in [0.717, 1.165) is 10.2 Å². The molecule has 5 aliphatic heterocycles. The molecule has 8 bridgehead atoms. The third kappa shape index (κ3) is 4.86. The molecule has 0 aromatic heterocycles. The normalized spacial score (nSPS) is 59.7. The summed E-state index contributed by atoms with van der Waals surface area (Å²) in [5.41, 5.74) is 0.168. The van der Waals surface area contributed by atoms with E-state index < -0.39 is 12.2 Å². The van der Waals surface area contributed by atoms with Gasteiger partial charge in [0.05, 0.1) is 61.5 Å². The molecule has 0 aromatic rings. The van der Waals surface area contributed by atoms with Crippen molar-refractivity contribution in [2.24, 2.45) is 47.3 Å². The van der Waals surface area contributed by atoms with Crippen LogP contribution in [0, 0.1) is 47.3 Å². The van der Waals surface area contributed by atoms with Crippen molar-refractivity contribution in [3.05, 3.63) is 0 Å². The van der Waals surface area contributed by atoms with Crippen LogP contribution in [0.5, 0.6) is 0 Å². The monoisotopic (exact) mass is 614 g/mol. The molecule has 0 aromatic carbocycles. The zero-order valence-electron chi connectivity index (χ0n) is 26.1. The predicted octanol–water partition coefficient (Wildman–Crippen LogP) is -0.689. The second-order valence-corrected chi connectivity index (χ2v) is 17.7. The number of nitrogens with one attached hydrogen (secondary N) is 8. The molecule has 5 saturated heterocycles. The lowest BCUT2D eigenvalue weighted by Crippen LogP contribution is -2.61. The number of rotatable bonds is 0. The topological polar surface area (TPSA) is 137 Å². The minimum atomic E-state index is -0.623. The Morgan fingerprint density at radius 3 is 1.00 bits per heavy atom. The molecule has 0 radical (unpaired) electrons. The number of aliphatic hydroxyl groups is 2. The van der Waals surface area contributed by atoms with Crippen molar-refractivity contribution in [3.63, 3.8) is 0 Å². The molecule has 9 aliphatic rings. The average molecular weight is 615 g/mol. The number of hydrogen-bond donors (Lipinski definition) is 10. The van der Waals surface area contributed by atoms with Gasteiger partial charge in [0.1, 0.15) is 0 Å². The van der Waals surface area contributed by atoms with Gasteiger partial charge in [-0.1, -0.05) is 38.5 Å². The quantitative estimate of drug-likeness (QED) is 0.160. The second kappa shape index (κ2) is 11.5. The van der Waals surface area contributed by atoms with Crippen LogP contribution < -0.4 is 42.5 Å². The van der Waals surface area contributed by atoms with E-state index >= 15 is 0 Å². The summed E-state index contributed by atoms with van der Waals surface area (Å²) in [5.74, 6) is 4.56. The highest BCUT2D eigenvalue weighted by molar-refractivity contribution is 6.12. The van der Waals surface area contributed by atoms with Crippen molar-refractivity contribution in [2.75, 3.05) is 0 Å². The van der Waals surface area contributed by atoms with Crippen molar-refractivity contribution in [2.45, 2.75) is 151 Å². The molecule has 5 heterocycles. The van der Waals surface area contributed by atoms with Crippen LogP contribution in [0.4, 0.5) is 0 Å². The molecule has 9 fully saturated rings. The molecular formula is C32H58N8O2Si. The molecule has 19 unspecified atom stereocenters. The van der Waals surface area contributed by atoms with Crippen LogP contribution >= 0.6 is 0 Å². The predicted molar refractivity (Wildman–Crippen MR) is 169 cm³/mol. The van der Waals surface area contributed by atoms with Crippen LogP contribution in [0.2, 0.25) is 5.54 Å². The Balaban J connectivity index is 1.07. The maximum Gasteiger partial charge on any atom is 0.0802 e. The third-order valence-corrected chi connectivity index (χ3v) is 15.9. The van der Waals surface area contributed by atoms with Crippen LogP contribution in [0.25, 0.3) is 0 Å². The first kappa shape index (κ1) is 29.0. The number of aliphatic hydroxyl groups excluding tert-OH is 2. The number of fused-ring (bicyclic) bond motifs is 20. The Labute approximate surface area is 260 Å². The average Bonchev–Trinajstić information content (AvgIpc) is 3.75. The molecule has 11 heteroatoms. The van der Waals surface area contributed by atoms with E-state index in [1.54, 1.807) is 0 Å². The lowest BCUT2D eigenvalue weighted by atomic mass is 9.74. The lowest BCUT2D eigenvalue weighted by molar-refractivity contribution is -0.0477. The highest BCUT2D eigenvalue weighted by atomic mass is 28.1. The fourth-order valence-corrected chi connectivity index (χ4v) is 13.7. The molecule has 19 atom stereocenters. The zero-order valence-corrected chi connectivity index (χ0v) is 28.1. The van der Waals surface area contributed by atoms with Crippen LogP contribution in [-0.4, -0.2) is 82.0 Å². The van der Waals surface area contributed by atoms with Crippen molar-refractivity contribution in [1.82, 2.24) is 42.5 Å². The molecule has 9 rings (SSSR count). The standard InChI is InChI=1S/C32H58N8O2Si/c41-21-13-20-22(24(43)23(21)42)32-39-30-19-12-6-5-11-18(19)28(37-30)35-26-15-8-2-1-7-14(15)25(33-26)34-27-16-9-3-4-10-17(16)29(36-27)38-31(20)40-32/h14-42H,1-13H2,43H3. The van der Waals surface area contributed by atoms with Crippen molar-refractivity contribution in [3.8, 4) is 0 Å². The van der Waals surface area contributed by atoms with Gasteiger partial charge in [-0.2, -0.15) is 0 Å². The molecule has 4 aliphatic carbocycles. The SMILES string of the molecule is OC1CC2C3NC4NC(NC5NC(NC6NC(NC(N3)C2C([SiH3])C1O)C1CCCCC61)C1CCCCC51)C1CCCCC41. The van der Waals surface area contributed by atoms with Gasteiger partial charge in [0.2, 0.25) is 0 Å². The first-order valence-corrected chi connectivity index (χ1v) is 19.6. The summed E-state index contributed by atoms with van der Waals surface area (Å²) >= 11 is 0. The van der Waals surface area contributed by atoms with Gasteiger partial charge in [-0.05, 0) is 97.8 Å². The molecule has 10 nitrogen and oxygen atoms in total. The van der Waals surface area contributed by atoms with Gasteiger partial charge in [-0.3, -0.25) is 42.5 Å². The van der Waals surface area contributed by atoms with E-state index in [1.165, 1.54) is 77.0 Å². The maximum absolute atomic E-state index is 11.1. The Morgan fingerprint density at radius 1 is 0.395 bits per heavy atom. The fourth-order valence-electron chi connectivity index (χ4n) is 12.4. The lowest BCUT2D eigenvalue weighted by Gasteiger charge is -2.42. The summed E-state index contributed by atoms with van der Waals surface area (Å²) in [7, 11) is 0.882. The molecule has 0 spiro atoms. The molecule has 242 valence electrons. The highest BCUT2D eigenvalue weighted by Gasteiger charge is 2.57. The molecule has 4 saturated carbocycles. The summed E-state index contributed by atoms with van der Waals surface area (Å²) in [6.45, 7) is 0. The highest BCUT2D eigenvalue weighted by Crippen LogP contribution is 2.47. The smallest absolute Gasteiger partial charge is 0.0802 e. The largest absolute Gasteiger partial charge is 0.390 e. The maximum atomic E-state index is 11.1. The van der Waals surface area contributed by atoms with Crippen molar-refractivity contribution >= 4 is 10.2 Å². The van der Waals surface area contributed by atoms with Crippen LogP contribution in [0.3, 0.4) is 0 Å². The third-order valence-electron chi connectivity index (χ3n) is 14.4. The van der Waals surface area contributed by atoms with Gasteiger partial charge >= 0.3 is 0 Å². The fraction of sp³-hybridized carbons (Fsp3) is 1.00. The first-order valence-electron chi connectivity index (χ1n) is 18.5. The molecule has 0 amide bonds. The Bertz CT molecular complexity index is 1030. The Kier molecular flexibility index (Phi) is 7.76. The van der Waals surface area contributed by atoms with Gasteiger partial charge < -0.3 is 10.2 Å². The summed E-state index contributed by atoms with van der Waals surface area (Å²) < 4.78 is 0. The second-order valence-electron chi connectivity index (χ2n) is 16.4. The van der Waals surface area contributed by atoms with Gasteiger partial charge in [0, 0.05) is 10.2 Å². The Hall–Kier alpha value is -0.183. The van der Waals surface area contributed by atoms with Gasteiger partial charge in [0.15, 0.2) is 0 Å². The van der Waals surface area contributed by atoms with E-state index in [1.807, 2.05) is 0 Å². The van der Waals surface area contributed by atoms with Gasteiger partial charge in [0.25, 0.3) is 0 Å². The van der Waals surface area contributed by atoms with E-state index in [2.05, 4.69) is 42.5 Å². The molecule has 43 heavy (non-hydrogen) atoms. The summed E-state index contributed by atoms with van der Waals surface area (Å²) in [6.07, 6.45) is 17.5. The Morgan fingerprint density at radius 2 is 0.674 bits per heavy atom. The van der Waals surface area contributed by atoms with Gasteiger partial charge in [-0.15, -0.1) is 0 Å². The summed E-state index contributed by atoms with van der Waals surface area (Å²) in [6, 6.07) is 0. The van der Waals surface area contributed by atoms with Crippen LogP contribution in [0.1, 0.15) is 83.5 Å². The minimum absolute atomic E-state index is 0.127. The zero-order chi connectivity index (χ0) is 28.8. The molecule has 10 N–H and O–H groups in total. The first-order chi connectivity index (χ1) is 21.0. The van der Waals surface area contributed by atoms with E-state index in [-0.39, 0.29) is 30.2 Å². The van der Waals surface area contributed by atoms with Crippen molar-refractivity contribution < 1.29 is 10.2 Å². The number of hydrogen-bond acceptors (Lipinski definition) is 10. The van der Waals surface area contributed by atoms with Crippen LogP contribution in [0.15, 0.2) is 0 Å². The van der Waals surface area contributed by atoms with Gasteiger partial charge in [-0.25, -0.2) is 0 Å². The summed E-state index contributed by atoms with van der Waals surface area (Å²) in [4.78, 5) is 0. The van der Waals surface area contributed by atoms with E-state index in [4.69, 9.17) is 0 Å².